The van der Waals surface area contributed by atoms with E-state index >= 15 is 0 Å². The van der Waals surface area contributed by atoms with Crippen molar-refractivity contribution < 1.29 is 14.3 Å². The van der Waals surface area contributed by atoms with Crippen LogP contribution in [0.4, 0.5) is 9.18 Å². The van der Waals surface area contributed by atoms with Gasteiger partial charge in [0.15, 0.2) is 5.79 Å². The molecular formula is C7H11FN2O2. The second kappa shape index (κ2) is 2.32. The number of piperazine rings is 1. The zero-order valence-electron chi connectivity index (χ0n) is 6.59. The van der Waals surface area contributed by atoms with E-state index in [1.807, 2.05) is 0 Å². The molecule has 0 aromatic carbocycles. The van der Waals surface area contributed by atoms with Gasteiger partial charge in [-0.1, -0.05) is 0 Å². The fraction of sp³-hybridized carbons (Fsp3) is 0.857. The van der Waals surface area contributed by atoms with Crippen molar-refractivity contribution in [2.75, 3.05) is 13.1 Å². The SMILES string of the molecule is O=C(O)N1C2CCC1(F)CNC2. The highest BCUT2D eigenvalue weighted by molar-refractivity contribution is 5.67. The van der Waals surface area contributed by atoms with E-state index in [9.17, 15) is 9.18 Å². The van der Waals surface area contributed by atoms with Crippen molar-refractivity contribution in [3.63, 3.8) is 0 Å². The molecule has 4 nitrogen and oxygen atoms in total. The minimum atomic E-state index is -1.64. The van der Waals surface area contributed by atoms with E-state index < -0.39 is 11.9 Å². The number of halogens is 1. The van der Waals surface area contributed by atoms with Gasteiger partial charge < -0.3 is 10.4 Å². The lowest BCUT2D eigenvalue weighted by Crippen LogP contribution is -2.59. The van der Waals surface area contributed by atoms with Gasteiger partial charge in [0.1, 0.15) is 0 Å². The Hall–Kier alpha value is -0.840. The van der Waals surface area contributed by atoms with E-state index in [1.54, 1.807) is 0 Å². The summed E-state index contributed by atoms with van der Waals surface area (Å²) in [5, 5.41) is 11.6. The van der Waals surface area contributed by atoms with Crippen molar-refractivity contribution in [1.82, 2.24) is 10.2 Å². The Morgan fingerprint density at radius 2 is 2.50 bits per heavy atom. The molecule has 2 N–H and O–H groups in total. The van der Waals surface area contributed by atoms with Crippen LogP contribution in [0.5, 0.6) is 0 Å². The Bertz CT molecular complexity index is 219. The quantitative estimate of drug-likeness (QED) is 0.522. The van der Waals surface area contributed by atoms with E-state index in [1.165, 1.54) is 0 Å². The van der Waals surface area contributed by atoms with E-state index in [0.717, 1.165) is 4.90 Å². The highest BCUT2D eigenvalue weighted by Crippen LogP contribution is 2.37. The van der Waals surface area contributed by atoms with Gasteiger partial charge in [0, 0.05) is 19.5 Å². The number of nitrogens with one attached hydrogen (secondary N) is 1. The van der Waals surface area contributed by atoms with Gasteiger partial charge in [-0.2, -0.15) is 0 Å². The molecule has 2 aliphatic rings. The smallest absolute Gasteiger partial charge is 0.410 e. The molecule has 2 unspecified atom stereocenters. The third-order valence-electron chi connectivity index (χ3n) is 2.64. The van der Waals surface area contributed by atoms with E-state index in [0.29, 0.717) is 19.4 Å². The Morgan fingerprint density at radius 3 is 3.00 bits per heavy atom. The summed E-state index contributed by atoms with van der Waals surface area (Å²) in [6.45, 7) is 0.716. The highest BCUT2D eigenvalue weighted by Gasteiger charge is 2.52. The molecule has 12 heavy (non-hydrogen) atoms. The fourth-order valence-electron chi connectivity index (χ4n) is 2.09. The molecule has 0 spiro atoms. The van der Waals surface area contributed by atoms with Crippen molar-refractivity contribution in [2.24, 2.45) is 0 Å². The molecule has 0 aliphatic carbocycles. The second-order valence-corrected chi connectivity index (χ2v) is 3.39. The molecule has 2 fully saturated rings. The molecule has 2 atom stereocenters. The predicted octanol–water partition coefficient (Wildman–Crippen LogP) is 0.398. The van der Waals surface area contributed by atoms with Crippen LogP contribution >= 0.6 is 0 Å². The molecule has 0 saturated carbocycles. The van der Waals surface area contributed by atoms with Crippen LogP contribution in [0.25, 0.3) is 0 Å². The first kappa shape index (κ1) is 7.79. The molecule has 2 heterocycles. The molecule has 2 bridgehead atoms. The van der Waals surface area contributed by atoms with Gasteiger partial charge in [0.25, 0.3) is 0 Å². The lowest BCUT2D eigenvalue weighted by molar-refractivity contribution is -0.0230. The number of carboxylic acid groups (broad SMARTS) is 1. The van der Waals surface area contributed by atoms with E-state index in [4.69, 9.17) is 5.11 Å². The van der Waals surface area contributed by atoms with Crippen molar-refractivity contribution >= 4 is 6.09 Å². The number of fused-ring (bicyclic) bond motifs is 2. The second-order valence-electron chi connectivity index (χ2n) is 3.39. The molecule has 5 heteroatoms. The van der Waals surface area contributed by atoms with Gasteiger partial charge in [0.2, 0.25) is 0 Å². The van der Waals surface area contributed by atoms with Gasteiger partial charge in [-0.05, 0) is 6.42 Å². The first-order chi connectivity index (χ1) is 5.63. The number of nitrogens with zero attached hydrogens (tertiary/aromatic N) is 1. The molecule has 2 aliphatic heterocycles. The summed E-state index contributed by atoms with van der Waals surface area (Å²) in [4.78, 5) is 11.6. The van der Waals surface area contributed by atoms with E-state index in [2.05, 4.69) is 5.32 Å². The number of hydrogen-bond acceptors (Lipinski definition) is 2. The van der Waals surface area contributed by atoms with Crippen molar-refractivity contribution in [2.45, 2.75) is 24.7 Å². The molecule has 1 amide bonds. The Labute approximate surface area is 69.3 Å². The van der Waals surface area contributed by atoms with Gasteiger partial charge in [-0.25, -0.2) is 9.18 Å². The van der Waals surface area contributed by atoms with Gasteiger partial charge in [0.05, 0.1) is 6.04 Å². The maximum atomic E-state index is 13.7. The Morgan fingerprint density at radius 1 is 1.75 bits per heavy atom. The molecule has 2 saturated heterocycles. The van der Waals surface area contributed by atoms with Gasteiger partial charge in [-0.15, -0.1) is 0 Å². The van der Waals surface area contributed by atoms with Crippen LogP contribution in [-0.2, 0) is 0 Å². The lowest BCUT2D eigenvalue weighted by Gasteiger charge is -2.37. The average Bonchev–Trinajstić information content (AvgIpc) is 2.18. The molecular weight excluding hydrogens is 163 g/mol. The summed E-state index contributed by atoms with van der Waals surface area (Å²) in [5.41, 5.74) is 0. The third kappa shape index (κ3) is 0.891. The summed E-state index contributed by atoms with van der Waals surface area (Å²) < 4.78 is 13.7. The number of amides is 1. The Kier molecular flexibility index (Phi) is 1.51. The summed E-state index contributed by atoms with van der Waals surface area (Å²) in [5.74, 6) is -1.64. The maximum absolute atomic E-state index is 13.7. The largest absolute Gasteiger partial charge is 0.465 e. The van der Waals surface area contributed by atoms with Crippen molar-refractivity contribution in [3.8, 4) is 0 Å². The van der Waals surface area contributed by atoms with Crippen LogP contribution < -0.4 is 5.32 Å². The van der Waals surface area contributed by atoms with Gasteiger partial charge in [-0.3, -0.25) is 4.90 Å². The first-order valence-electron chi connectivity index (χ1n) is 4.05. The number of alkyl halides is 1. The van der Waals surface area contributed by atoms with E-state index in [-0.39, 0.29) is 12.6 Å². The monoisotopic (exact) mass is 174 g/mol. The normalized spacial score (nSPS) is 40.1. The molecule has 0 radical (unpaired) electrons. The minimum absolute atomic E-state index is 0.135. The van der Waals surface area contributed by atoms with Crippen LogP contribution in [0.15, 0.2) is 0 Å². The summed E-state index contributed by atoms with van der Waals surface area (Å²) >= 11 is 0. The maximum Gasteiger partial charge on any atom is 0.410 e. The fourth-order valence-corrected chi connectivity index (χ4v) is 2.09. The number of hydrogen-bond donors (Lipinski definition) is 2. The molecule has 0 aromatic heterocycles. The summed E-state index contributed by atoms with van der Waals surface area (Å²) in [6, 6.07) is -0.166. The molecule has 0 aromatic rings. The standard InChI is InChI=1S/C7H11FN2O2/c8-7-2-1-5(3-9-4-7)10(7)6(11)12/h5,9H,1-4H2,(H,11,12). The first-order valence-corrected chi connectivity index (χ1v) is 4.05. The lowest BCUT2D eigenvalue weighted by atomic mass is 10.2. The third-order valence-corrected chi connectivity index (χ3v) is 2.64. The average molecular weight is 174 g/mol. The van der Waals surface area contributed by atoms with Crippen LogP contribution in [0.3, 0.4) is 0 Å². The number of carbonyl (C=O) groups is 1. The summed E-state index contributed by atoms with van der Waals surface area (Å²) in [7, 11) is 0. The van der Waals surface area contributed by atoms with Crippen LogP contribution in [0.2, 0.25) is 0 Å². The molecule has 68 valence electrons. The topological polar surface area (TPSA) is 52.6 Å². The van der Waals surface area contributed by atoms with Crippen molar-refractivity contribution in [3.05, 3.63) is 0 Å². The minimum Gasteiger partial charge on any atom is -0.465 e. The zero-order valence-corrected chi connectivity index (χ0v) is 6.59. The van der Waals surface area contributed by atoms with Crippen molar-refractivity contribution in [1.29, 1.82) is 0 Å². The zero-order chi connectivity index (χ0) is 8.77. The predicted molar refractivity (Wildman–Crippen MR) is 39.6 cm³/mol. The highest BCUT2D eigenvalue weighted by atomic mass is 19.1. The van der Waals surface area contributed by atoms with Crippen LogP contribution in [0, 0.1) is 0 Å². The Balaban J connectivity index is 2.26. The van der Waals surface area contributed by atoms with Crippen LogP contribution in [-0.4, -0.2) is 41.0 Å². The molecule has 2 rings (SSSR count). The summed E-state index contributed by atoms with van der Waals surface area (Å²) in [6.07, 6.45) is -0.172. The van der Waals surface area contributed by atoms with Crippen LogP contribution in [0.1, 0.15) is 12.8 Å². The van der Waals surface area contributed by atoms with Gasteiger partial charge >= 0.3 is 6.09 Å². The number of rotatable bonds is 0.